The second kappa shape index (κ2) is 7.28. The van der Waals surface area contributed by atoms with Crippen molar-refractivity contribution in [3.63, 3.8) is 0 Å². The fraction of sp³-hybridized carbons (Fsp3) is 0.571. The largest absolute Gasteiger partial charge is 0.491 e. The van der Waals surface area contributed by atoms with Crippen molar-refractivity contribution in [1.29, 1.82) is 0 Å². The molecular weight excluding hydrogens is 250 g/mol. The van der Waals surface area contributed by atoms with Gasteiger partial charge in [0.05, 0.1) is 19.0 Å². The zero-order chi connectivity index (χ0) is 13.5. The van der Waals surface area contributed by atoms with Crippen LogP contribution in [-0.4, -0.2) is 39.5 Å². The Kier molecular flexibility index (Phi) is 5.39. The smallest absolute Gasteiger partial charge is 0.142 e. The van der Waals surface area contributed by atoms with Gasteiger partial charge in [-0.1, -0.05) is 0 Å². The van der Waals surface area contributed by atoms with Crippen molar-refractivity contribution in [3.05, 3.63) is 24.0 Å². The van der Waals surface area contributed by atoms with Crippen LogP contribution in [0.1, 0.15) is 12.8 Å². The lowest BCUT2D eigenvalue weighted by molar-refractivity contribution is 0.289. The van der Waals surface area contributed by atoms with Crippen LogP contribution < -0.4 is 15.0 Å². The Morgan fingerprint density at radius 2 is 2.16 bits per heavy atom. The molecular formula is C14H20F2N2O. The quantitative estimate of drug-likeness (QED) is 0.831. The number of anilines is 1. The van der Waals surface area contributed by atoms with Crippen LogP contribution in [0, 0.1) is 5.82 Å². The van der Waals surface area contributed by atoms with E-state index < -0.39 is 6.67 Å². The fourth-order valence-electron chi connectivity index (χ4n) is 2.18. The van der Waals surface area contributed by atoms with Gasteiger partial charge in [-0.15, -0.1) is 0 Å². The fourth-order valence-corrected chi connectivity index (χ4v) is 2.18. The van der Waals surface area contributed by atoms with Crippen LogP contribution in [-0.2, 0) is 0 Å². The van der Waals surface area contributed by atoms with Crippen molar-refractivity contribution in [2.45, 2.75) is 12.8 Å². The molecule has 1 aromatic carbocycles. The van der Waals surface area contributed by atoms with Crippen LogP contribution in [0.2, 0.25) is 0 Å². The van der Waals surface area contributed by atoms with Gasteiger partial charge in [0.2, 0.25) is 0 Å². The molecule has 1 aromatic rings. The lowest BCUT2D eigenvalue weighted by atomic mass is 10.2. The number of ether oxygens (including phenoxy) is 1. The van der Waals surface area contributed by atoms with Crippen LogP contribution in [0.3, 0.4) is 0 Å². The highest BCUT2D eigenvalue weighted by atomic mass is 19.1. The summed E-state index contributed by atoms with van der Waals surface area (Å²) in [5, 5.41) is 3.31. The summed E-state index contributed by atoms with van der Waals surface area (Å²) < 4.78 is 31.1. The molecule has 0 unspecified atom stereocenters. The molecule has 1 aliphatic rings. The third-order valence-electron chi connectivity index (χ3n) is 3.14. The number of benzene rings is 1. The minimum Gasteiger partial charge on any atom is -0.491 e. The molecule has 1 aliphatic heterocycles. The summed E-state index contributed by atoms with van der Waals surface area (Å²) in [7, 11) is 0. The Morgan fingerprint density at radius 1 is 1.26 bits per heavy atom. The highest BCUT2D eigenvalue weighted by Crippen LogP contribution is 2.29. The summed E-state index contributed by atoms with van der Waals surface area (Å²) in [4.78, 5) is 2.12. The summed E-state index contributed by atoms with van der Waals surface area (Å²) in [6, 6.07) is 4.50. The van der Waals surface area contributed by atoms with E-state index in [0.29, 0.717) is 18.8 Å². The number of nitrogens with zero attached hydrogens (tertiary/aromatic N) is 1. The number of rotatable bonds is 5. The SMILES string of the molecule is FCCCOc1ccc(F)cc1N1CCCNCC1. The first-order valence-electron chi connectivity index (χ1n) is 6.75. The van der Waals surface area contributed by atoms with Gasteiger partial charge in [0.1, 0.15) is 11.6 Å². The van der Waals surface area contributed by atoms with Crippen molar-refractivity contribution in [3.8, 4) is 5.75 Å². The van der Waals surface area contributed by atoms with E-state index in [2.05, 4.69) is 10.2 Å². The summed E-state index contributed by atoms with van der Waals surface area (Å²) in [6.45, 7) is 3.47. The minimum absolute atomic E-state index is 0.273. The van der Waals surface area contributed by atoms with Crippen molar-refractivity contribution in [1.82, 2.24) is 5.32 Å². The molecule has 0 aliphatic carbocycles. The molecule has 0 amide bonds. The highest BCUT2D eigenvalue weighted by molar-refractivity contribution is 5.58. The standard InChI is InChI=1S/C14H20F2N2O/c15-5-1-10-19-14-4-3-12(16)11-13(14)18-8-2-6-17-7-9-18/h3-4,11,17H,1-2,5-10H2. The first kappa shape index (κ1) is 14.1. The molecule has 0 radical (unpaired) electrons. The van der Waals surface area contributed by atoms with Gasteiger partial charge < -0.3 is 15.0 Å². The lowest BCUT2D eigenvalue weighted by Crippen LogP contribution is -2.28. The number of hydrogen-bond acceptors (Lipinski definition) is 3. The maximum absolute atomic E-state index is 13.4. The molecule has 0 atom stereocenters. The Morgan fingerprint density at radius 3 is 3.00 bits per heavy atom. The monoisotopic (exact) mass is 270 g/mol. The molecule has 3 nitrogen and oxygen atoms in total. The molecule has 1 fully saturated rings. The third-order valence-corrected chi connectivity index (χ3v) is 3.14. The predicted octanol–water partition coefficient (Wildman–Crippen LogP) is 2.36. The second-order valence-electron chi connectivity index (χ2n) is 4.59. The molecule has 1 saturated heterocycles. The average Bonchev–Trinajstić information content (AvgIpc) is 2.69. The molecule has 5 heteroatoms. The Bertz CT molecular complexity index is 393. The minimum atomic E-state index is -0.399. The van der Waals surface area contributed by atoms with E-state index in [-0.39, 0.29) is 5.82 Å². The normalized spacial score (nSPS) is 16.2. The molecule has 0 bridgehead atoms. The van der Waals surface area contributed by atoms with Gasteiger partial charge in [-0.2, -0.15) is 0 Å². The van der Waals surface area contributed by atoms with E-state index in [1.54, 1.807) is 6.07 Å². The van der Waals surface area contributed by atoms with Crippen molar-refractivity contribution in [2.75, 3.05) is 44.4 Å². The van der Waals surface area contributed by atoms with E-state index >= 15 is 0 Å². The third kappa shape index (κ3) is 4.06. The summed E-state index contributed by atoms with van der Waals surface area (Å²) in [5.41, 5.74) is 0.766. The van der Waals surface area contributed by atoms with Crippen LogP contribution in [0.5, 0.6) is 5.75 Å². The second-order valence-corrected chi connectivity index (χ2v) is 4.59. The molecule has 1 heterocycles. The van der Waals surface area contributed by atoms with Crippen LogP contribution in [0.25, 0.3) is 0 Å². The molecule has 1 N–H and O–H groups in total. The van der Waals surface area contributed by atoms with Crippen molar-refractivity contribution < 1.29 is 13.5 Å². The zero-order valence-electron chi connectivity index (χ0n) is 11.0. The van der Waals surface area contributed by atoms with Gasteiger partial charge in [0, 0.05) is 32.1 Å². The van der Waals surface area contributed by atoms with Gasteiger partial charge in [-0.3, -0.25) is 4.39 Å². The number of alkyl halides is 1. The topological polar surface area (TPSA) is 24.5 Å². The van der Waals surface area contributed by atoms with E-state index in [1.165, 1.54) is 12.1 Å². The van der Waals surface area contributed by atoms with E-state index in [1.807, 2.05) is 0 Å². The summed E-state index contributed by atoms with van der Waals surface area (Å²) in [6.07, 6.45) is 1.37. The molecule has 19 heavy (non-hydrogen) atoms. The number of nitrogens with one attached hydrogen (secondary N) is 1. The van der Waals surface area contributed by atoms with Crippen LogP contribution >= 0.6 is 0 Å². The van der Waals surface area contributed by atoms with Gasteiger partial charge >= 0.3 is 0 Å². The lowest BCUT2D eigenvalue weighted by Gasteiger charge is -2.25. The molecule has 106 valence electrons. The highest BCUT2D eigenvalue weighted by Gasteiger charge is 2.15. The van der Waals surface area contributed by atoms with E-state index in [9.17, 15) is 8.78 Å². The van der Waals surface area contributed by atoms with Crippen molar-refractivity contribution in [2.24, 2.45) is 0 Å². The Labute approximate surface area is 112 Å². The molecule has 0 saturated carbocycles. The van der Waals surface area contributed by atoms with Gasteiger partial charge in [-0.25, -0.2) is 4.39 Å². The number of hydrogen-bond donors (Lipinski definition) is 1. The van der Waals surface area contributed by atoms with Crippen molar-refractivity contribution >= 4 is 5.69 Å². The maximum Gasteiger partial charge on any atom is 0.142 e. The van der Waals surface area contributed by atoms with Gasteiger partial charge in [0.25, 0.3) is 0 Å². The van der Waals surface area contributed by atoms with Crippen LogP contribution in [0.15, 0.2) is 18.2 Å². The zero-order valence-corrected chi connectivity index (χ0v) is 11.0. The summed E-state index contributed by atoms with van der Waals surface area (Å²) >= 11 is 0. The first-order valence-corrected chi connectivity index (χ1v) is 6.75. The van der Waals surface area contributed by atoms with E-state index in [0.717, 1.165) is 38.3 Å². The predicted molar refractivity (Wildman–Crippen MR) is 72.2 cm³/mol. The van der Waals surface area contributed by atoms with Crippen LogP contribution in [0.4, 0.5) is 14.5 Å². The Hall–Kier alpha value is -1.36. The average molecular weight is 270 g/mol. The molecule has 0 spiro atoms. The summed E-state index contributed by atoms with van der Waals surface area (Å²) in [5.74, 6) is 0.363. The maximum atomic E-state index is 13.4. The molecule has 0 aromatic heterocycles. The van der Waals surface area contributed by atoms with Gasteiger partial charge in [-0.05, 0) is 25.1 Å². The Balaban J connectivity index is 2.13. The van der Waals surface area contributed by atoms with E-state index in [4.69, 9.17) is 4.74 Å². The molecule has 2 rings (SSSR count). The van der Waals surface area contributed by atoms with Gasteiger partial charge in [0.15, 0.2) is 0 Å². The number of halogens is 2. The first-order chi connectivity index (χ1) is 9.31.